The van der Waals surface area contributed by atoms with Crippen molar-refractivity contribution in [2.45, 2.75) is 13.0 Å². The Balaban J connectivity index is 2.29. The first-order chi connectivity index (χ1) is 5.34. The molecular formula is C8H15ClN2. The topological polar surface area (TPSA) is 15.3 Å². The van der Waals surface area contributed by atoms with Gasteiger partial charge in [0.25, 0.3) is 0 Å². The first kappa shape index (κ1) is 9.04. The second-order valence-corrected chi connectivity index (χ2v) is 3.16. The Morgan fingerprint density at radius 2 is 2.55 bits per heavy atom. The first-order valence-corrected chi connectivity index (χ1v) is 4.48. The molecule has 1 atom stereocenters. The standard InChI is InChI=1S/C8H15ClN2/c1-8-7-10-4-6-11(8)5-2-3-9/h2-3,8,10H,4-7H2,1H3/b3-2+. The van der Waals surface area contributed by atoms with Crippen LogP contribution in [0.3, 0.4) is 0 Å². The van der Waals surface area contributed by atoms with Crippen LogP contribution < -0.4 is 5.32 Å². The molecule has 0 saturated carbocycles. The molecule has 3 heteroatoms. The lowest BCUT2D eigenvalue weighted by atomic mass is 10.2. The molecule has 1 fully saturated rings. The van der Waals surface area contributed by atoms with Crippen molar-refractivity contribution in [2.24, 2.45) is 0 Å². The molecule has 2 nitrogen and oxygen atoms in total. The smallest absolute Gasteiger partial charge is 0.0196 e. The Labute approximate surface area is 73.2 Å². The van der Waals surface area contributed by atoms with Crippen molar-refractivity contribution >= 4 is 11.6 Å². The summed E-state index contributed by atoms with van der Waals surface area (Å²) in [6.07, 6.45) is 1.99. The summed E-state index contributed by atoms with van der Waals surface area (Å²) in [6, 6.07) is 0.636. The van der Waals surface area contributed by atoms with Crippen molar-refractivity contribution in [3.8, 4) is 0 Å². The van der Waals surface area contributed by atoms with Crippen LogP contribution >= 0.6 is 11.6 Å². The van der Waals surface area contributed by atoms with Gasteiger partial charge in [0.15, 0.2) is 0 Å². The minimum Gasteiger partial charge on any atom is -0.314 e. The molecule has 1 heterocycles. The number of nitrogens with zero attached hydrogens (tertiary/aromatic N) is 1. The van der Waals surface area contributed by atoms with Crippen molar-refractivity contribution < 1.29 is 0 Å². The van der Waals surface area contributed by atoms with E-state index in [-0.39, 0.29) is 0 Å². The van der Waals surface area contributed by atoms with Crippen molar-refractivity contribution in [3.05, 3.63) is 11.6 Å². The van der Waals surface area contributed by atoms with Crippen molar-refractivity contribution in [2.75, 3.05) is 26.2 Å². The number of hydrogen-bond acceptors (Lipinski definition) is 2. The van der Waals surface area contributed by atoms with Gasteiger partial charge in [0.1, 0.15) is 0 Å². The van der Waals surface area contributed by atoms with Crippen LogP contribution in [0.1, 0.15) is 6.92 Å². The summed E-state index contributed by atoms with van der Waals surface area (Å²) in [4.78, 5) is 2.41. The minimum atomic E-state index is 0.636. The van der Waals surface area contributed by atoms with Gasteiger partial charge >= 0.3 is 0 Å². The highest BCUT2D eigenvalue weighted by molar-refractivity contribution is 6.25. The van der Waals surface area contributed by atoms with E-state index in [4.69, 9.17) is 11.6 Å². The summed E-state index contributed by atoms with van der Waals surface area (Å²) in [5.74, 6) is 0. The monoisotopic (exact) mass is 174 g/mol. The predicted octanol–water partition coefficient (Wildman–Crippen LogP) is 1.03. The van der Waals surface area contributed by atoms with Crippen LogP contribution in [0.5, 0.6) is 0 Å². The first-order valence-electron chi connectivity index (χ1n) is 4.04. The maximum Gasteiger partial charge on any atom is 0.0196 e. The Bertz CT molecular complexity index is 136. The average Bonchev–Trinajstić information content (AvgIpc) is 2.03. The molecular weight excluding hydrogens is 160 g/mol. The van der Waals surface area contributed by atoms with E-state index in [1.54, 1.807) is 5.54 Å². The van der Waals surface area contributed by atoms with Crippen LogP contribution in [0.2, 0.25) is 0 Å². The third-order valence-electron chi connectivity index (χ3n) is 2.07. The third kappa shape index (κ3) is 2.81. The Hall–Kier alpha value is -0.0500. The molecule has 1 N–H and O–H groups in total. The lowest BCUT2D eigenvalue weighted by Crippen LogP contribution is -2.49. The second kappa shape index (κ2) is 4.75. The van der Waals surface area contributed by atoms with Gasteiger partial charge in [-0.25, -0.2) is 0 Å². The molecule has 1 aliphatic rings. The molecule has 0 spiro atoms. The van der Waals surface area contributed by atoms with E-state index < -0.39 is 0 Å². The molecule has 1 unspecified atom stereocenters. The highest BCUT2D eigenvalue weighted by Crippen LogP contribution is 2.01. The quantitative estimate of drug-likeness (QED) is 0.673. The highest BCUT2D eigenvalue weighted by atomic mass is 35.5. The van der Waals surface area contributed by atoms with Crippen LogP contribution in [-0.2, 0) is 0 Å². The second-order valence-electron chi connectivity index (χ2n) is 2.91. The zero-order valence-electron chi connectivity index (χ0n) is 6.89. The number of halogens is 1. The van der Waals surface area contributed by atoms with Crippen molar-refractivity contribution in [1.82, 2.24) is 10.2 Å². The van der Waals surface area contributed by atoms with Crippen LogP contribution in [0.25, 0.3) is 0 Å². The Morgan fingerprint density at radius 3 is 3.18 bits per heavy atom. The molecule has 11 heavy (non-hydrogen) atoms. The molecule has 0 aliphatic carbocycles. The van der Waals surface area contributed by atoms with E-state index in [0.29, 0.717) is 6.04 Å². The van der Waals surface area contributed by atoms with Gasteiger partial charge in [0, 0.05) is 37.8 Å². The van der Waals surface area contributed by atoms with E-state index in [1.165, 1.54) is 0 Å². The molecule has 0 amide bonds. The SMILES string of the molecule is CC1CNCCN1C/C=C/Cl. The third-order valence-corrected chi connectivity index (χ3v) is 2.25. The van der Waals surface area contributed by atoms with Crippen LogP contribution in [0.4, 0.5) is 0 Å². The van der Waals surface area contributed by atoms with Crippen molar-refractivity contribution in [1.29, 1.82) is 0 Å². The predicted molar refractivity (Wildman–Crippen MR) is 48.9 cm³/mol. The van der Waals surface area contributed by atoms with Crippen LogP contribution in [0, 0.1) is 0 Å². The van der Waals surface area contributed by atoms with E-state index in [2.05, 4.69) is 17.1 Å². The summed E-state index contributed by atoms with van der Waals surface area (Å²) < 4.78 is 0. The van der Waals surface area contributed by atoms with Gasteiger partial charge in [-0.15, -0.1) is 0 Å². The average molecular weight is 175 g/mol. The molecule has 1 rings (SSSR count). The molecule has 0 radical (unpaired) electrons. The molecule has 0 aromatic carbocycles. The molecule has 1 aliphatic heterocycles. The van der Waals surface area contributed by atoms with Crippen LogP contribution in [-0.4, -0.2) is 37.1 Å². The van der Waals surface area contributed by atoms with E-state index >= 15 is 0 Å². The normalized spacial score (nSPS) is 28.0. The summed E-state index contributed by atoms with van der Waals surface area (Å²) in [5.41, 5.74) is 1.59. The Morgan fingerprint density at radius 1 is 1.73 bits per heavy atom. The molecule has 0 aromatic rings. The summed E-state index contributed by atoms with van der Waals surface area (Å²) >= 11 is 5.45. The maximum atomic E-state index is 5.45. The van der Waals surface area contributed by atoms with Gasteiger partial charge < -0.3 is 5.32 Å². The fourth-order valence-corrected chi connectivity index (χ4v) is 1.41. The number of piperazine rings is 1. The number of rotatable bonds is 2. The molecule has 64 valence electrons. The zero-order chi connectivity index (χ0) is 8.10. The molecule has 1 saturated heterocycles. The van der Waals surface area contributed by atoms with E-state index in [0.717, 1.165) is 26.2 Å². The van der Waals surface area contributed by atoms with Gasteiger partial charge in [-0.1, -0.05) is 17.7 Å². The van der Waals surface area contributed by atoms with Gasteiger partial charge in [0.2, 0.25) is 0 Å². The summed E-state index contributed by atoms with van der Waals surface area (Å²) in [7, 11) is 0. The van der Waals surface area contributed by atoms with E-state index in [1.807, 2.05) is 6.08 Å². The maximum absolute atomic E-state index is 5.45. The molecule has 0 bridgehead atoms. The lowest BCUT2D eigenvalue weighted by molar-refractivity contribution is 0.193. The minimum absolute atomic E-state index is 0.636. The van der Waals surface area contributed by atoms with Gasteiger partial charge in [0.05, 0.1) is 0 Å². The fourth-order valence-electron chi connectivity index (χ4n) is 1.33. The van der Waals surface area contributed by atoms with E-state index in [9.17, 15) is 0 Å². The largest absolute Gasteiger partial charge is 0.314 e. The number of hydrogen-bond donors (Lipinski definition) is 1. The van der Waals surface area contributed by atoms with Crippen LogP contribution in [0.15, 0.2) is 11.6 Å². The van der Waals surface area contributed by atoms with Gasteiger partial charge in [-0.3, -0.25) is 4.90 Å². The Kier molecular flexibility index (Phi) is 3.91. The fraction of sp³-hybridized carbons (Fsp3) is 0.750. The van der Waals surface area contributed by atoms with Gasteiger partial charge in [-0.2, -0.15) is 0 Å². The summed E-state index contributed by atoms with van der Waals surface area (Å²) in [5, 5.41) is 3.34. The zero-order valence-corrected chi connectivity index (χ0v) is 7.64. The van der Waals surface area contributed by atoms with Crippen molar-refractivity contribution in [3.63, 3.8) is 0 Å². The lowest BCUT2D eigenvalue weighted by Gasteiger charge is -2.32. The number of nitrogens with one attached hydrogen (secondary N) is 1. The summed E-state index contributed by atoms with van der Waals surface area (Å²) in [6.45, 7) is 6.53. The highest BCUT2D eigenvalue weighted by Gasteiger charge is 2.15. The van der Waals surface area contributed by atoms with Gasteiger partial charge in [-0.05, 0) is 6.92 Å². The molecule has 0 aromatic heterocycles.